The van der Waals surface area contributed by atoms with Crippen molar-refractivity contribution in [3.8, 4) is 11.1 Å². The highest BCUT2D eigenvalue weighted by Crippen LogP contribution is 2.36. The van der Waals surface area contributed by atoms with Gasteiger partial charge in [-0.3, -0.25) is 4.79 Å². The van der Waals surface area contributed by atoms with Crippen molar-refractivity contribution >= 4 is 5.91 Å². The van der Waals surface area contributed by atoms with Gasteiger partial charge in [0, 0.05) is 24.6 Å². The molecule has 0 N–H and O–H groups in total. The first-order valence-corrected chi connectivity index (χ1v) is 14.5. The van der Waals surface area contributed by atoms with Crippen molar-refractivity contribution in [3.63, 3.8) is 0 Å². The molecule has 2 heterocycles. The van der Waals surface area contributed by atoms with Crippen LogP contribution in [0.4, 0.5) is 0 Å². The van der Waals surface area contributed by atoms with E-state index in [1.807, 2.05) is 30.3 Å². The van der Waals surface area contributed by atoms with Gasteiger partial charge in [-0.1, -0.05) is 103 Å². The third-order valence-electron chi connectivity index (χ3n) is 8.87. The van der Waals surface area contributed by atoms with Gasteiger partial charge in [-0.05, 0) is 85.1 Å². The summed E-state index contributed by atoms with van der Waals surface area (Å²) in [5.41, 5.74) is 5.95. The zero-order valence-corrected chi connectivity index (χ0v) is 22.7. The predicted octanol–water partition coefficient (Wildman–Crippen LogP) is 7.48. The molecule has 0 aromatic heterocycles. The number of carbonyl (C=O) groups is 1. The van der Waals surface area contributed by atoms with E-state index < -0.39 is 0 Å². The summed E-state index contributed by atoms with van der Waals surface area (Å²) in [5.74, 6) is 1.71. The van der Waals surface area contributed by atoms with Gasteiger partial charge in [-0.2, -0.15) is 0 Å². The molecule has 4 aromatic rings. The molecule has 2 atom stereocenters. The zero-order valence-electron chi connectivity index (χ0n) is 22.7. The number of nitrogens with zero attached hydrogens (tertiary/aromatic N) is 2. The summed E-state index contributed by atoms with van der Waals surface area (Å²) in [6.07, 6.45) is 3.60. The van der Waals surface area contributed by atoms with Crippen LogP contribution in [0.2, 0.25) is 0 Å². The topological polar surface area (TPSA) is 23.6 Å². The smallest absolute Gasteiger partial charge is 0.253 e. The average Bonchev–Trinajstić information content (AvgIpc) is 3.46. The number of piperidine rings is 1. The second-order valence-corrected chi connectivity index (χ2v) is 11.2. The van der Waals surface area contributed by atoms with Gasteiger partial charge in [0.15, 0.2) is 0 Å². The highest BCUT2D eigenvalue weighted by Gasteiger charge is 2.36. The molecule has 6 rings (SSSR count). The number of benzene rings is 4. The Kier molecular flexibility index (Phi) is 7.87. The number of rotatable bonds is 7. The molecule has 0 saturated carbocycles. The lowest BCUT2D eigenvalue weighted by Crippen LogP contribution is -2.35. The van der Waals surface area contributed by atoms with E-state index in [-0.39, 0.29) is 5.91 Å². The van der Waals surface area contributed by atoms with E-state index in [0.717, 1.165) is 37.2 Å². The second-order valence-electron chi connectivity index (χ2n) is 11.2. The highest BCUT2D eigenvalue weighted by molar-refractivity contribution is 5.95. The Labute approximate surface area is 233 Å². The van der Waals surface area contributed by atoms with Crippen LogP contribution in [0, 0.1) is 5.92 Å². The van der Waals surface area contributed by atoms with E-state index in [1.165, 1.54) is 42.6 Å². The molecule has 0 aliphatic carbocycles. The molecule has 4 aromatic carbocycles. The Morgan fingerprint density at radius 3 is 1.85 bits per heavy atom. The minimum atomic E-state index is 0.154. The SMILES string of the molecule is O=C(c1ccc(-c2ccccc2)cc1)N1CC(c2ccccc2)[C@@H](CCN2CCC(c3ccccc3)CC2)C1. The van der Waals surface area contributed by atoms with Crippen LogP contribution in [-0.2, 0) is 0 Å². The molecule has 3 heteroatoms. The first-order chi connectivity index (χ1) is 19.2. The lowest BCUT2D eigenvalue weighted by Gasteiger charge is -2.33. The van der Waals surface area contributed by atoms with E-state index in [4.69, 9.17) is 0 Å². The molecule has 0 spiro atoms. The third-order valence-corrected chi connectivity index (χ3v) is 8.87. The first kappa shape index (κ1) is 25.6. The summed E-state index contributed by atoms with van der Waals surface area (Å²) in [5, 5.41) is 0. The lowest BCUT2D eigenvalue weighted by atomic mass is 9.86. The Morgan fingerprint density at radius 1 is 0.641 bits per heavy atom. The maximum absolute atomic E-state index is 13.6. The fourth-order valence-corrected chi connectivity index (χ4v) is 6.59. The van der Waals surface area contributed by atoms with E-state index in [0.29, 0.717) is 17.8 Å². The van der Waals surface area contributed by atoms with Gasteiger partial charge < -0.3 is 9.80 Å². The Hall–Kier alpha value is -3.69. The van der Waals surface area contributed by atoms with Gasteiger partial charge in [0.05, 0.1) is 0 Å². The van der Waals surface area contributed by atoms with Gasteiger partial charge >= 0.3 is 0 Å². The molecule has 0 bridgehead atoms. The summed E-state index contributed by atoms with van der Waals surface area (Å²) in [6, 6.07) is 40.3. The number of amides is 1. The monoisotopic (exact) mass is 514 g/mol. The maximum Gasteiger partial charge on any atom is 0.253 e. The molecule has 1 unspecified atom stereocenters. The molecule has 0 radical (unpaired) electrons. The van der Waals surface area contributed by atoms with Crippen LogP contribution in [0.5, 0.6) is 0 Å². The third kappa shape index (κ3) is 5.99. The Bertz CT molecular complexity index is 1330. The predicted molar refractivity (Wildman–Crippen MR) is 160 cm³/mol. The summed E-state index contributed by atoms with van der Waals surface area (Å²) in [7, 11) is 0. The molecule has 2 fully saturated rings. The van der Waals surface area contributed by atoms with Gasteiger partial charge in [-0.25, -0.2) is 0 Å². The van der Waals surface area contributed by atoms with Crippen LogP contribution in [0.15, 0.2) is 115 Å². The maximum atomic E-state index is 13.6. The molecule has 2 saturated heterocycles. The van der Waals surface area contributed by atoms with Gasteiger partial charge in [-0.15, -0.1) is 0 Å². The van der Waals surface area contributed by atoms with E-state index in [9.17, 15) is 4.79 Å². The molecule has 2 aliphatic heterocycles. The largest absolute Gasteiger partial charge is 0.338 e. The standard InChI is InChI=1S/C36H38N2O/c39-36(33-18-16-30(17-19-33)28-10-4-1-5-11-28)38-26-34(35(27-38)32-14-8-3-9-15-32)22-25-37-23-20-31(21-24-37)29-12-6-2-7-13-29/h1-19,31,34-35H,20-27H2/t34-,35?/m0/s1. The Balaban J connectivity index is 1.10. The van der Waals surface area contributed by atoms with Crippen molar-refractivity contribution in [2.75, 3.05) is 32.7 Å². The zero-order chi connectivity index (χ0) is 26.4. The van der Waals surface area contributed by atoms with Gasteiger partial charge in [0.2, 0.25) is 0 Å². The van der Waals surface area contributed by atoms with Crippen LogP contribution in [0.25, 0.3) is 11.1 Å². The minimum absolute atomic E-state index is 0.154. The molecule has 1 amide bonds. The van der Waals surface area contributed by atoms with Crippen LogP contribution in [0.1, 0.15) is 52.6 Å². The molecule has 198 valence electrons. The van der Waals surface area contributed by atoms with Crippen LogP contribution < -0.4 is 0 Å². The van der Waals surface area contributed by atoms with Gasteiger partial charge in [0.25, 0.3) is 5.91 Å². The quantitative estimate of drug-likeness (QED) is 0.255. The fourth-order valence-electron chi connectivity index (χ4n) is 6.59. The second kappa shape index (κ2) is 12.0. The first-order valence-electron chi connectivity index (χ1n) is 14.5. The number of carbonyl (C=O) groups excluding carboxylic acids is 1. The minimum Gasteiger partial charge on any atom is -0.338 e. The number of hydrogen-bond donors (Lipinski definition) is 0. The van der Waals surface area contributed by atoms with E-state index >= 15 is 0 Å². The molecule has 2 aliphatic rings. The molecular formula is C36H38N2O. The summed E-state index contributed by atoms with van der Waals surface area (Å²) in [4.78, 5) is 18.4. The highest BCUT2D eigenvalue weighted by atomic mass is 16.2. The fraction of sp³-hybridized carbons (Fsp3) is 0.306. The number of hydrogen-bond acceptors (Lipinski definition) is 2. The van der Waals surface area contributed by atoms with Gasteiger partial charge in [0.1, 0.15) is 0 Å². The molecule has 39 heavy (non-hydrogen) atoms. The summed E-state index contributed by atoms with van der Waals surface area (Å²) < 4.78 is 0. The van der Waals surface area contributed by atoms with Crippen LogP contribution in [0.3, 0.4) is 0 Å². The lowest BCUT2D eigenvalue weighted by molar-refractivity contribution is 0.0784. The van der Waals surface area contributed by atoms with Crippen molar-refractivity contribution in [1.29, 1.82) is 0 Å². The van der Waals surface area contributed by atoms with Crippen LogP contribution >= 0.6 is 0 Å². The molecule has 3 nitrogen and oxygen atoms in total. The normalized spacial score (nSPS) is 20.3. The van der Waals surface area contributed by atoms with Crippen LogP contribution in [-0.4, -0.2) is 48.4 Å². The van der Waals surface area contributed by atoms with Crippen molar-refractivity contribution in [2.45, 2.75) is 31.1 Å². The molecular weight excluding hydrogens is 476 g/mol. The van der Waals surface area contributed by atoms with E-state index in [1.54, 1.807) is 0 Å². The summed E-state index contributed by atoms with van der Waals surface area (Å²) >= 11 is 0. The summed E-state index contributed by atoms with van der Waals surface area (Å²) in [6.45, 7) is 5.07. The van der Waals surface area contributed by atoms with E-state index in [2.05, 4.69) is 94.7 Å². The van der Waals surface area contributed by atoms with Crippen molar-refractivity contribution in [3.05, 3.63) is 132 Å². The van der Waals surface area contributed by atoms with Crippen molar-refractivity contribution in [2.24, 2.45) is 5.92 Å². The number of likely N-dealkylation sites (tertiary alicyclic amines) is 2. The average molecular weight is 515 g/mol. The van der Waals surface area contributed by atoms with Crippen molar-refractivity contribution < 1.29 is 4.79 Å². The van der Waals surface area contributed by atoms with Crippen molar-refractivity contribution in [1.82, 2.24) is 9.80 Å². The Morgan fingerprint density at radius 2 is 1.21 bits per heavy atom.